The minimum atomic E-state index is -0.727. The van der Waals surface area contributed by atoms with Crippen molar-refractivity contribution >= 4 is 28.5 Å². The summed E-state index contributed by atoms with van der Waals surface area (Å²) >= 11 is 0. The standard InChI is InChI=1S/C19H15N7O3/c1-7-2-4-8(5-3-7)9-10-13(27)12-14(20)21-6-22-15(12)23-16(10)24-17-11(9)18(28)26-19(29)25-17/h2-6,9H,1H3,(H6,20,21,22,23,24,25,26,27,28,29). The van der Waals surface area contributed by atoms with Crippen LogP contribution >= 0.6 is 0 Å². The van der Waals surface area contributed by atoms with Gasteiger partial charge in [0.15, 0.2) is 0 Å². The Balaban J connectivity index is 1.92. The van der Waals surface area contributed by atoms with Gasteiger partial charge >= 0.3 is 5.69 Å². The molecule has 0 fully saturated rings. The van der Waals surface area contributed by atoms with Crippen molar-refractivity contribution < 1.29 is 0 Å². The van der Waals surface area contributed by atoms with Crippen molar-refractivity contribution in [2.24, 2.45) is 0 Å². The number of rotatable bonds is 1. The van der Waals surface area contributed by atoms with Gasteiger partial charge in [0.1, 0.15) is 34.8 Å². The summed E-state index contributed by atoms with van der Waals surface area (Å²) < 4.78 is 0. The molecule has 144 valence electrons. The maximum absolute atomic E-state index is 13.4. The van der Waals surface area contributed by atoms with Gasteiger partial charge in [0.25, 0.3) is 5.56 Å². The van der Waals surface area contributed by atoms with Crippen LogP contribution in [0.4, 0.5) is 17.5 Å². The van der Waals surface area contributed by atoms with E-state index in [0.29, 0.717) is 11.4 Å². The van der Waals surface area contributed by atoms with Crippen LogP contribution in [0.3, 0.4) is 0 Å². The lowest BCUT2D eigenvalue weighted by Gasteiger charge is -2.27. The van der Waals surface area contributed by atoms with E-state index in [1.807, 2.05) is 31.2 Å². The fraction of sp³-hybridized carbons (Fsp3) is 0.105. The summed E-state index contributed by atoms with van der Waals surface area (Å²) in [6.45, 7) is 1.94. The molecule has 0 bridgehead atoms. The van der Waals surface area contributed by atoms with Gasteiger partial charge in [0.05, 0.1) is 17.0 Å². The number of aryl methyl sites for hydroxylation is 1. The second kappa shape index (κ2) is 5.89. The quantitative estimate of drug-likeness (QED) is 0.283. The van der Waals surface area contributed by atoms with Gasteiger partial charge in [0.2, 0.25) is 5.43 Å². The SMILES string of the molecule is Cc1ccc(C2c3c([nH]c(=O)[nH]c3=O)Nc3[nH]c4ncnc(N)c4c(=O)c32)cc1. The maximum atomic E-state index is 13.4. The molecule has 1 atom stereocenters. The first kappa shape index (κ1) is 16.9. The van der Waals surface area contributed by atoms with Crippen molar-refractivity contribution in [1.82, 2.24) is 24.9 Å². The zero-order chi connectivity index (χ0) is 20.3. The Morgan fingerprint density at radius 1 is 0.931 bits per heavy atom. The first-order valence-electron chi connectivity index (χ1n) is 8.80. The van der Waals surface area contributed by atoms with Crippen molar-refractivity contribution in [3.05, 3.63) is 83.9 Å². The smallest absolute Gasteiger partial charge is 0.327 e. The van der Waals surface area contributed by atoms with E-state index in [1.54, 1.807) is 0 Å². The number of nitrogens with zero attached hydrogens (tertiary/aromatic N) is 2. The third kappa shape index (κ3) is 2.46. The van der Waals surface area contributed by atoms with Crippen molar-refractivity contribution in [1.29, 1.82) is 0 Å². The van der Waals surface area contributed by atoms with Crippen LogP contribution in [0.25, 0.3) is 11.0 Å². The molecule has 1 unspecified atom stereocenters. The Bertz CT molecular complexity index is 1460. The van der Waals surface area contributed by atoms with Crippen LogP contribution < -0.4 is 27.7 Å². The molecule has 10 heteroatoms. The number of nitrogens with two attached hydrogens (primary N) is 1. The number of aromatic nitrogens is 5. The van der Waals surface area contributed by atoms with Gasteiger partial charge in [-0.2, -0.15) is 0 Å². The second-order valence-corrected chi connectivity index (χ2v) is 6.89. The van der Waals surface area contributed by atoms with Crippen molar-refractivity contribution in [2.45, 2.75) is 12.8 Å². The van der Waals surface area contributed by atoms with E-state index < -0.39 is 17.2 Å². The molecule has 1 aliphatic heterocycles. The molecular formula is C19H15N7O3. The predicted octanol–water partition coefficient (Wildman–Crippen LogP) is 0.823. The van der Waals surface area contributed by atoms with Gasteiger partial charge in [-0.3, -0.25) is 19.6 Å². The lowest BCUT2D eigenvalue weighted by Crippen LogP contribution is -2.34. The van der Waals surface area contributed by atoms with Gasteiger partial charge in [-0.25, -0.2) is 14.8 Å². The molecule has 0 amide bonds. The van der Waals surface area contributed by atoms with E-state index in [1.165, 1.54) is 6.33 Å². The molecule has 5 rings (SSSR count). The molecule has 1 aromatic carbocycles. The molecule has 0 saturated heterocycles. The fourth-order valence-corrected chi connectivity index (χ4v) is 3.76. The number of hydrogen-bond donors (Lipinski definition) is 5. The molecule has 6 N–H and O–H groups in total. The molecule has 1 aliphatic rings. The number of pyridine rings is 1. The summed E-state index contributed by atoms with van der Waals surface area (Å²) in [7, 11) is 0. The van der Waals surface area contributed by atoms with E-state index in [9.17, 15) is 14.4 Å². The molecule has 0 radical (unpaired) electrons. The summed E-state index contributed by atoms with van der Waals surface area (Å²) in [6.07, 6.45) is 1.25. The monoisotopic (exact) mass is 389 g/mol. The van der Waals surface area contributed by atoms with Crippen molar-refractivity contribution in [3.63, 3.8) is 0 Å². The summed E-state index contributed by atoms with van der Waals surface area (Å²) in [4.78, 5) is 53.8. The largest absolute Gasteiger partial charge is 0.383 e. The number of H-pyrrole nitrogens is 3. The van der Waals surface area contributed by atoms with Crippen LogP contribution in [0.1, 0.15) is 28.2 Å². The predicted molar refractivity (Wildman–Crippen MR) is 108 cm³/mol. The Hall–Kier alpha value is -4.21. The van der Waals surface area contributed by atoms with E-state index in [4.69, 9.17) is 5.73 Å². The third-order valence-corrected chi connectivity index (χ3v) is 5.08. The van der Waals surface area contributed by atoms with Crippen molar-refractivity contribution in [3.8, 4) is 0 Å². The minimum Gasteiger partial charge on any atom is -0.383 e. The number of anilines is 3. The number of aromatic amines is 3. The van der Waals surface area contributed by atoms with Gasteiger partial charge in [-0.05, 0) is 12.5 Å². The highest BCUT2D eigenvalue weighted by Crippen LogP contribution is 2.40. The molecule has 3 aromatic heterocycles. The zero-order valence-corrected chi connectivity index (χ0v) is 15.2. The molecule has 29 heavy (non-hydrogen) atoms. The van der Waals surface area contributed by atoms with Crippen LogP contribution in [-0.2, 0) is 0 Å². The van der Waals surface area contributed by atoms with Gasteiger partial charge in [-0.1, -0.05) is 29.8 Å². The van der Waals surface area contributed by atoms with Crippen LogP contribution in [0.5, 0.6) is 0 Å². The Morgan fingerprint density at radius 3 is 2.41 bits per heavy atom. The van der Waals surface area contributed by atoms with E-state index in [-0.39, 0.29) is 33.7 Å². The first-order chi connectivity index (χ1) is 13.9. The number of hydrogen-bond acceptors (Lipinski definition) is 7. The highest BCUT2D eigenvalue weighted by molar-refractivity contribution is 5.89. The fourth-order valence-electron chi connectivity index (χ4n) is 3.76. The third-order valence-electron chi connectivity index (χ3n) is 5.08. The normalized spacial score (nSPS) is 14.9. The summed E-state index contributed by atoms with van der Waals surface area (Å²) in [6, 6.07) is 7.47. The first-order valence-corrected chi connectivity index (χ1v) is 8.80. The van der Waals surface area contributed by atoms with Gasteiger partial charge < -0.3 is 16.0 Å². The number of fused-ring (bicyclic) bond motifs is 3. The lowest BCUT2D eigenvalue weighted by molar-refractivity contribution is 0.873. The molecule has 4 heterocycles. The van der Waals surface area contributed by atoms with E-state index in [0.717, 1.165) is 11.1 Å². The van der Waals surface area contributed by atoms with Crippen LogP contribution in [-0.4, -0.2) is 24.9 Å². The highest BCUT2D eigenvalue weighted by atomic mass is 16.2. The van der Waals surface area contributed by atoms with Gasteiger partial charge in [-0.15, -0.1) is 0 Å². The summed E-state index contributed by atoms with van der Waals surface area (Å²) in [5, 5.41) is 3.10. The Labute approximate surface area is 161 Å². The Kier molecular flexibility index (Phi) is 3.44. The minimum absolute atomic E-state index is 0.0443. The number of nitrogens with one attached hydrogen (secondary N) is 4. The number of benzene rings is 1. The molecule has 0 saturated carbocycles. The topological polar surface area (TPSA) is 162 Å². The molecule has 10 nitrogen and oxygen atoms in total. The lowest BCUT2D eigenvalue weighted by atomic mass is 9.83. The second-order valence-electron chi connectivity index (χ2n) is 6.89. The van der Waals surface area contributed by atoms with Crippen molar-refractivity contribution in [2.75, 3.05) is 11.1 Å². The van der Waals surface area contributed by atoms with Crippen LogP contribution in [0.15, 0.2) is 45.0 Å². The highest BCUT2D eigenvalue weighted by Gasteiger charge is 2.34. The Morgan fingerprint density at radius 2 is 1.66 bits per heavy atom. The molecule has 0 aliphatic carbocycles. The summed E-state index contributed by atoms with van der Waals surface area (Å²) in [5.41, 5.74) is 6.86. The molecular weight excluding hydrogens is 374 g/mol. The molecule has 4 aromatic rings. The summed E-state index contributed by atoms with van der Waals surface area (Å²) in [5.74, 6) is -0.133. The average Bonchev–Trinajstić information content (AvgIpc) is 2.67. The average molecular weight is 389 g/mol. The number of nitrogen functional groups attached to an aromatic ring is 1. The van der Waals surface area contributed by atoms with E-state index in [2.05, 4.69) is 30.2 Å². The van der Waals surface area contributed by atoms with E-state index >= 15 is 0 Å². The van der Waals surface area contributed by atoms with Crippen LogP contribution in [0.2, 0.25) is 0 Å². The van der Waals surface area contributed by atoms with Crippen LogP contribution in [0, 0.1) is 6.92 Å². The molecule has 0 spiro atoms. The maximum Gasteiger partial charge on any atom is 0.327 e. The zero-order valence-electron chi connectivity index (χ0n) is 15.2. The van der Waals surface area contributed by atoms with Gasteiger partial charge in [0, 0.05) is 0 Å².